The van der Waals surface area contributed by atoms with Gasteiger partial charge in [-0.05, 0) is 80.2 Å². The van der Waals surface area contributed by atoms with E-state index in [-0.39, 0.29) is 18.7 Å². The Labute approximate surface area is 166 Å². The molecule has 1 N–H and O–H groups in total. The van der Waals surface area contributed by atoms with Crippen LogP contribution in [0.3, 0.4) is 0 Å². The fraction of sp³-hybridized carbons (Fsp3) is 0.458. The van der Waals surface area contributed by atoms with Crippen molar-refractivity contribution in [3.05, 3.63) is 59.2 Å². The monoisotopic (exact) mass is 377 g/mol. The lowest BCUT2D eigenvalue weighted by atomic mass is 9.90. The summed E-state index contributed by atoms with van der Waals surface area (Å²) < 4.78 is 10.9. The molecule has 1 saturated carbocycles. The number of hydrogen-bond acceptors (Lipinski definition) is 3. The van der Waals surface area contributed by atoms with Crippen LogP contribution in [-0.4, -0.2) is 18.7 Å². The molecule has 1 aliphatic heterocycles. The van der Waals surface area contributed by atoms with Crippen molar-refractivity contribution in [1.82, 2.24) is 5.32 Å². The Morgan fingerprint density at radius 3 is 2.79 bits per heavy atom. The second kappa shape index (κ2) is 7.16. The highest BCUT2D eigenvalue weighted by Gasteiger charge is 2.52. The van der Waals surface area contributed by atoms with Gasteiger partial charge in [-0.3, -0.25) is 4.79 Å². The molecule has 28 heavy (non-hydrogen) atoms. The molecule has 0 radical (unpaired) electrons. The Hall–Kier alpha value is -2.49. The van der Waals surface area contributed by atoms with E-state index in [1.807, 2.05) is 18.2 Å². The molecule has 1 unspecified atom stereocenters. The fourth-order valence-electron chi connectivity index (χ4n) is 4.59. The summed E-state index contributed by atoms with van der Waals surface area (Å²) in [6, 6.07) is 6.01. The smallest absolute Gasteiger partial charge is 0.231 e. The van der Waals surface area contributed by atoms with Gasteiger partial charge in [-0.2, -0.15) is 0 Å². The first kappa shape index (κ1) is 17.6. The Morgan fingerprint density at radius 2 is 1.96 bits per heavy atom. The molecule has 4 aliphatic rings. The van der Waals surface area contributed by atoms with Crippen LogP contribution in [0.25, 0.3) is 0 Å². The standard InChI is InChI=1S/C24H27NO3/c26-23(24(13-14-24)19-10-12-21-22(15-19)28-16-27-21)25-20-8-4-7-18(9-11-20)17-5-2-1-3-6-17/h4-5,7-8,10,12,15,20H,1-3,6,9,11,13-14,16H2,(H,25,26). The quantitative estimate of drug-likeness (QED) is 0.827. The number of hydrogen-bond donors (Lipinski definition) is 1. The van der Waals surface area contributed by atoms with Crippen molar-refractivity contribution < 1.29 is 14.3 Å². The molecule has 1 amide bonds. The molecule has 0 saturated heterocycles. The number of carbonyl (C=O) groups excluding carboxylic acids is 1. The van der Waals surface area contributed by atoms with E-state index in [4.69, 9.17) is 9.47 Å². The average molecular weight is 377 g/mol. The molecular formula is C24H27NO3. The van der Waals surface area contributed by atoms with Crippen LogP contribution in [-0.2, 0) is 10.2 Å². The summed E-state index contributed by atoms with van der Waals surface area (Å²) in [4.78, 5) is 13.1. The summed E-state index contributed by atoms with van der Waals surface area (Å²) in [5, 5.41) is 3.30. The highest BCUT2D eigenvalue weighted by molar-refractivity contribution is 5.91. The van der Waals surface area contributed by atoms with Gasteiger partial charge in [0.2, 0.25) is 12.7 Å². The third-order valence-corrected chi connectivity index (χ3v) is 6.50. The molecule has 0 spiro atoms. The maximum Gasteiger partial charge on any atom is 0.231 e. The van der Waals surface area contributed by atoms with Gasteiger partial charge in [-0.25, -0.2) is 0 Å². The summed E-state index contributed by atoms with van der Waals surface area (Å²) in [5.41, 5.74) is 3.60. The minimum Gasteiger partial charge on any atom is -0.454 e. The summed E-state index contributed by atoms with van der Waals surface area (Å²) >= 11 is 0. The molecule has 4 heteroatoms. The largest absolute Gasteiger partial charge is 0.454 e. The van der Waals surface area contributed by atoms with Gasteiger partial charge in [0.1, 0.15) is 0 Å². The third-order valence-electron chi connectivity index (χ3n) is 6.50. The van der Waals surface area contributed by atoms with Crippen molar-refractivity contribution in [3.63, 3.8) is 0 Å². The first-order valence-electron chi connectivity index (χ1n) is 10.5. The van der Waals surface area contributed by atoms with Crippen LogP contribution in [0.5, 0.6) is 11.5 Å². The predicted molar refractivity (Wildman–Crippen MR) is 108 cm³/mol. The molecule has 1 heterocycles. The second-order valence-corrected chi connectivity index (χ2v) is 8.32. The number of amides is 1. The minimum absolute atomic E-state index is 0.0944. The van der Waals surface area contributed by atoms with Gasteiger partial charge in [0.25, 0.3) is 0 Å². The summed E-state index contributed by atoms with van der Waals surface area (Å²) in [7, 11) is 0. The average Bonchev–Trinajstić information content (AvgIpc) is 3.46. The number of carbonyl (C=O) groups is 1. The van der Waals surface area contributed by atoms with Crippen molar-refractivity contribution in [2.24, 2.45) is 0 Å². The van der Waals surface area contributed by atoms with Crippen molar-refractivity contribution in [2.75, 3.05) is 6.79 Å². The fourth-order valence-corrected chi connectivity index (χ4v) is 4.59. The summed E-state index contributed by atoms with van der Waals surface area (Å²) in [6.07, 6.45) is 17.7. The minimum atomic E-state index is -0.400. The normalized spacial score (nSPS) is 24.8. The Bertz CT molecular complexity index is 876. The lowest BCUT2D eigenvalue weighted by Crippen LogP contribution is -2.40. The van der Waals surface area contributed by atoms with Crippen LogP contribution in [0.1, 0.15) is 56.9 Å². The van der Waals surface area contributed by atoms with E-state index in [1.54, 1.807) is 0 Å². The summed E-state index contributed by atoms with van der Waals surface area (Å²) in [6.45, 7) is 0.261. The molecule has 3 aliphatic carbocycles. The topological polar surface area (TPSA) is 47.6 Å². The van der Waals surface area contributed by atoms with Gasteiger partial charge in [-0.1, -0.05) is 30.4 Å². The highest BCUT2D eigenvalue weighted by atomic mass is 16.7. The lowest BCUT2D eigenvalue weighted by molar-refractivity contribution is -0.124. The third kappa shape index (κ3) is 3.25. The molecule has 0 aromatic heterocycles. The number of benzene rings is 1. The first-order valence-corrected chi connectivity index (χ1v) is 10.5. The van der Waals surface area contributed by atoms with Gasteiger partial charge in [0.15, 0.2) is 11.5 Å². The molecule has 1 aromatic carbocycles. The number of nitrogens with one attached hydrogen (secondary N) is 1. The molecule has 1 atom stereocenters. The molecule has 4 nitrogen and oxygen atoms in total. The van der Waals surface area contributed by atoms with E-state index in [0.717, 1.165) is 42.7 Å². The van der Waals surface area contributed by atoms with Crippen LogP contribution in [0.2, 0.25) is 0 Å². The number of rotatable bonds is 4. The van der Waals surface area contributed by atoms with E-state index in [1.165, 1.54) is 36.8 Å². The first-order chi connectivity index (χ1) is 13.7. The SMILES string of the molecule is O=C(NC1C=CC=C(C2=CCCCC2)CC1)C1(c2ccc3c(c2)OCO3)CC1. The van der Waals surface area contributed by atoms with Crippen LogP contribution < -0.4 is 14.8 Å². The highest BCUT2D eigenvalue weighted by Crippen LogP contribution is 2.50. The van der Waals surface area contributed by atoms with Crippen LogP contribution in [0.4, 0.5) is 0 Å². The number of allylic oxidation sites excluding steroid dienone is 5. The van der Waals surface area contributed by atoms with Crippen molar-refractivity contribution in [3.8, 4) is 11.5 Å². The van der Waals surface area contributed by atoms with E-state index in [2.05, 4.69) is 29.6 Å². The van der Waals surface area contributed by atoms with Crippen molar-refractivity contribution >= 4 is 5.91 Å². The van der Waals surface area contributed by atoms with Gasteiger partial charge >= 0.3 is 0 Å². The zero-order valence-corrected chi connectivity index (χ0v) is 16.2. The van der Waals surface area contributed by atoms with E-state index < -0.39 is 5.41 Å². The van der Waals surface area contributed by atoms with E-state index in [0.29, 0.717) is 0 Å². The molecule has 146 valence electrons. The molecular weight excluding hydrogens is 350 g/mol. The van der Waals surface area contributed by atoms with Gasteiger partial charge < -0.3 is 14.8 Å². The number of ether oxygens (including phenoxy) is 2. The predicted octanol–water partition coefficient (Wildman–Crippen LogP) is 4.71. The molecule has 0 bridgehead atoms. The molecule has 5 rings (SSSR count). The maximum absolute atomic E-state index is 13.1. The second-order valence-electron chi connectivity index (χ2n) is 8.32. The van der Waals surface area contributed by atoms with Gasteiger partial charge in [0.05, 0.1) is 5.41 Å². The Morgan fingerprint density at radius 1 is 1.07 bits per heavy atom. The molecule has 1 fully saturated rings. The van der Waals surface area contributed by atoms with Crippen LogP contribution in [0.15, 0.2) is 53.6 Å². The van der Waals surface area contributed by atoms with Gasteiger partial charge in [-0.15, -0.1) is 0 Å². The van der Waals surface area contributed by atoms with Crippen molar-refractivity contribution in [1.29, 1.82) is 0 Å². The van der Waals surface area contributed by atoms with E-state index in [9.17, 15) is 4.79 Å². The molecule has 1 aromatic rings. The summed E-state index contributed by atoms with van der Waals surface area (Å²) in [5.74, 6) is 1.66. The van der Waals surface area contributed by atoms with Crippen molar-refractivity contribution in [2.45, 2.75) is 62.8 Å². The Kier molecular flexibility index (Phi) is 4.50. The van der Waals surface area contributed by atoms with Crippen LogP contribution in [0, 0.1) is 0 Å². The maximum atomic E-state index is 13.1. The lowest BCUT2D eigenvalue weighted by Gasteiger charge is -2.21. The van der Waals surface area contributed by atoms with Crippen LogP contribution >= 0.6 is 0 Å². The Balaban J connectivity index is 1.24. The van der Waals surface area contributed by atoms with Gasteiger partial charge in [0, 0.05) is 6.04 Å². The zero-order valence-electron chi connectivity index (χ0n) is 16.2. The number of fused-ring (bicyclic) bond motifs is 1. The van der Waals surface area contributed by atoms with E-state index >= 15 is 0 Å². The zero-order chi connectivity index (χ0) is 19.0.